The van der Waals surface area contributed by atoms with Crippen LogP contribution in [-0.2, 0) is 19.7 Å². The second-order valence-corrected chi connectivity index (χ2v) is 15.2. The molecule has 0 fully saturated rings. The van der Waals surface area contributed by atoms with Crippen molar-refractivity contribution in [3.8, 4) is 6.07 Å². The predicted octanol–water partition coefficient (Wildman–Crippen LogP) is 6.47. The number of halogens is 2. The molecule has 0 saturated carbocycles. The van der Waals surface area contributed by atoms with Gasteiger partial charge in [0.15, 0.2) is 0 Å². The van der Waals surface area contributed by atoms with Crippen LogP contribution >= 0.6 is 31.9 Å². The SMILES string of the molecule is N#C[C@@]1(S(=O)(=O)c2ccccc2)C(N)=C(S(=O)(=O)c2ccccc2)[C@H](c2cccc(Br)c2)[C@H]1c1cccc(Br)c1. The van der Waals surface area contributed by atoms with Crippen LogP contribution in [0.2, 0.25) is 0 Å². The first kappa shape index (κ1) is 28.3. The Balaban J connectivity index is 1.96. The molecule has 0 spiro atoms. The summed E-state index contributed by atoms with van der Waals surface area (Å²) in [5.74, 6) is -2.31. The van der Waals surface area contributed by atoms with E-state index in [0.29, 0.717) is 20.1 Å². The number of nitrogens with zero attached hydrogens (tertiary/aromatic N) is 1. The van der Waals surface area contributed by atoms with E-state index in [1.165, 1.54) is 24.3 Å². The van der Waals surface area contributed by atoms with Gasteiger partial charge in [-0.15, -0.1) is 0 Å². The quantitative estimate of drug-likeness (QED) is 0.247. The molecule has 6 nitrogen and oxygen atoms in total. The Bertz CT molecular complexity index is 1890. The van der Waals surface area contributed by atoms with Crippen molar-refractivity contribution < 1.29 is 16.8 Å². The van der Waals surface area contributed by atoms with Crippen LogP contribution in [0.5, 0.6) is 0 Å². The normalized spacial score (nSPS) is 21.2. The van der Waals surface area contributed by atoms with Crippen LogP contribution in [0.3, 0.4) is 0 Å². The summed E-state index contributed by atoms with van der Waals surface area (Å²) in [5, 5.41) is 10.9. The van der Waals surface area contributed by atoms with Gasteiger partial charge in [0.1, 0.15) is 0 Å². The summed E-state index contributed by atoms with van der Waals surface area (Å²) < 4.78 is 56.7. The molecule has 4 aromatic carbocycles. The standard InChI is InChI=1S/C30H22Br2N2O4S2/c31-22-11-7-9-20(17-22)26-27(21-10-8-12-23(32)18-21)30(19-33,40(37,38)25-15-5-2-6-16-25)29(34)28(26)39(35,36)24-13-3-1-4-14-24/h1-18,26-27H,34H2/t26-,27-,30+/m1/s1. The number of rotatable bonds is 6. The molecule has 4 aromatic rings. The highest BCUT2D eigenvalue weighted by Crippen LogP contribution is 2.60. The smallest absolute Gasteiger partial charge is 0.210 e. The van der Waals surface area contributed by atoms with Crippen molar-refractivity contribution in [3.63, 3.8) is 0 Å². The maximum absolute atomic E-state index is 14.6. The second-order valence-electron chi connectivity index (χ2n) is 9.32. The molecular formula is C30H22Br2N2O4S2. The van der Waals surface area contributed by atoms with Crippen molar-refractivity contribution >= 4 is 51.5 Å². The molecule has 0 amide bonds. The van der Waals surface area contributed by atoms with Gasteiger partial charge in [0.2, 0.25) is 24.4 Å². The van der Waals surface area contributed by atoms with E-state index >= 15 is 0 Å². The Labute approximate surface area is 250 Å². The highest BCUT2D eigenvalue weighted by molar-refractivity contribution is 9.10. The van der Waals surface area contributed by atoms with Gasteiger partial charge >= 0.3 is 0 Å². The fourth-order valence-electron chi connectivity index (χ4n) is 5.40. The number of hydrogen-bond donors (Lipinski definition) is 1. The molecule has 0 saturated heterocycles. The Hall–Kier alpha value is -3.23. The topological polar surface area (TPSA) is 118 Å². The Morgan fingerprint density at radius 2 is 1.20 bits per heavy atom. The summed E-state index contributed by atoms with van der Waals surface area (Å²) in [5.41, 5.74) is 7.16. The van der Waals surface area contributed by atoms with Gasteiger partial charge in [-0.3, -0.25) is 0 Å². The summed E-state index contributed by atoms with van der Waals surface area (Å²) in [6, 6.07) is 31.1. The molecule has 1 aliphatic rings. The second kappa shape index (κ2) is 10.6. The van der Waals surface area contributed by atoms with E-state index in [4.69, 9.17) is 5.73 Å². The molecule has 0 unspecified atom stereocenters. The largest absolute Gasteiger partial charge is 0.399 e. The third-order valence-electron chi connectivity index (χ3n) is 7.12. The molecule has 3 atom stereocenters. The highest BCUT2D eigenvalue weighted by Gasteiger charge is 2.65. The molecule has 10 heteroatoms. The van der Waals surface area contributed by atoms with Crippen molar-refractivity contribution in [2.24, 2.45) is 5.73 Å². The van der Waals surface area contributed by atoms with E-state index in [1.54, 1.807) is 84.9 Å². The van der Waals surface area contributed by atoms with Gasteiger partial charge in [-0.1, -0.05) is 92.5 Å². The molecule has 0 heterocycles. The van der Waals surface area contributed by atoms with Crippen LogP contribution in [0.1, 0.15) is 23.0 Å². The lowest BCUT2D eigenvalue weighted by Gasteiger charge is -2.33. The molecule has 2 N–H and O–H groups in total. The monoisotopic (exact) mass is 696 g/mol. The Morgan fingerprint density at radius 1 is 0.700 bits per heavy atom. The summed E-state index contributed by atoms with van der Waals surface area (Å²) in [6.45, 7) is 0. The van der Waals surface area contributed by atoms with E-state index in [2.05, 4.69) is 31.9 Å². The fraction of sp³-hybridized carbons (Fsp3) is 0.100. The zero-order valence-electron chi connectivity index (χ0n) is 20.8. The first-order valence-corrected chi connectivity index (χ1v) is 16.6. The van der Waals surface area contributed by atoms with Gasteiger partial charge in [0.05, 0.1) is 26.5 Å². The number of sulfone groups is 2. The van der Waals surface area contributed by atoms with Crippen LogP contribution in [-0.4, -0.2) is 21.6 Å². The molecule has 5 rings (SSSR count). The van der Waals surface area contributed by atoms with Crippen molar-refractivity contribution in [2.45, 2.75) is 26.4 Å². The lowest BCUT2D eigenvalue weighted by atomic mass is 9.78. The van der Waals surface area contributed by atoms with E-state index in [1.807, 2.05) is 6.07 Å². The van der Waals surface area contributed by atoms with Crippen molar-refractivity contribution in [3.05, 3.63) is 140 Å². The van der Waals surface area contributed by atoms with E-state index < -0.39 is 42.0 Å². The van der Waals surface area contributed by atoms with Crippen LogP contribution in [0, 0.1) is 11.3 Å². The minimum atomic E-state index is -4.57. The van der Waals surface area contributed by atoms with Crippen LogP contribution in [0.25, 0.3) is 0 Å². The van der Waals surface area contributed by atoms with Crippen molar-refractivity contribution in [1.29, 1.82) is 5.26 Å². The van der Waals surface area contributed by atoms with Crippen molar-refractivity contribution in [2.75, 3.05) is 0 Å². The van der Waals surface area contributed by atoms with E-state index in [9.17, 15) is 22.1 Å². The summed E-state index contributed by atoms with van der Waals surface area (Å²) in [7, 11) is -8.93. The summed E-state index contributed by atoms with van der Waals surface area (Å²) in [6.07, 6.45) is 0. The van der Waals surface area contributed by atoms with Gasteiger partial charge in [0.25, 0.3) is 0 Å². The molecule has 0 radical (unpaired) electrons. The number of nitrogens with two attached hydrogens (primary N) is 1. The lowest BCUT2D eigenvalue weighted by molar-refractivity contribution is 0.527. The number of benzene rings is 4. The Morgan fingerprint density at radius 3 is 1.73 bits per heavy atom. The number of hydrogen-bond acceptors (Lipinski definition) is 6. The summed E-state index contributed by atoms with van der Waals surface area (Å²) in [4.78, 5) is -0.486. The van der Waals surface area contributed by atoms with E-state index in [-0.39, 0.29) is 14.7 Å². The van der Waals surface area contributed by atoms with Crippen molar-refractivity contribution in [1.82, 2.24) is 0 Å². The molecule has 0 aliphatic heterocycles. The van der Waals surface area contributed by atoms with Gasteiger partial charge in [-0.25, -0.2) is 16.8 Å². The first-order chi connectivity index (χ1) is 19.1. The minimum Gasteiger partial charge on any atom is -0.399 e. The molecule has 202 valence electrons. The third-order valence-corrected chi connectivity index (χ3v) is 12.4. The average Bonchev–Trinajstić information content (AvgIpc) is 3.24. The Kier molecular flexibility index (Phi) is 7.52. The molecule has 0 aromatic heterocycles. The van der Waals surface area contributed by atoms with Crippen LogP contribution in [0.15, 0.2) is 139 Å². The average molecular weight is 698 g/mol. The van der Waals surface area contributed by atoms with E-state index in [0.717, 1.165) is 0 Å². The zero-order valence-corrected chi connectivity index (χ0v) is 25.6. The van der Waals surface area contributed by atoms with Gasteiger partial charge < -0.3 is 5.73 Å². The molecule has 1 aliphatic carbocycles. The molecule has 0 bridgehead atoms. The molecule has 40 heavy (non-hydrogen) atoms. The number of allylic oxidation sites excluding steroid dienone is 1. The maximum atomic E-state index is 14.6. The third kappa shape index (κ3) is 4.41. The van der Waals surface area contributed by atoms with Gasteiger partial charge in [0, 0.05) is 20.8 Å². The number of nitriles is 1. The predicted molar refractivity (Wildman–Crippen MR) is 161 cm³/mol. The minimum absolute atomic E-state index is 0.0493. The lowest BCUT2D eigenvalue weighted by Crippen LogP contribution is -2.45. The van der Waals surface area contributed by atoms with Crippen LogP contribution < -0.4 is 5.73 Å². The highest BCUT2D eigenvalue weighted by atomic mass is 79.9. The molecular weight excluding hydrogens is 676 g/mol. The maximum Gasteiger partial charge on any atom is 0.210 e. The van der Waals surface area contributed by atoms with Gasteiger partial charge in [-0.05, 0) is 59.7 Å². The van der Waals surface area contributed by atoms with Crippen LogP contribution in [0.4, 0.5) is 0 Å². The zero-order chi connectivity index (χ0) is 28.7. The van der Waals surface area contributed by atoms with Gasteiger partial charge in [-0.2, -0.15) is 5.26 Å². The fourth-order valence-corrected chi connectivity index (χ4v) is 10.1. The summed E-state index contributed by atoms with van der Waals surface area (Å²) >= 11 is 6.92. The first-order valence-electron chi connectivity index (χ1n) is 12.1.